The summed E-state index contributed by atoms with van der Waals surface area (Å²) in [4.78, 5) is 22.5. The van der Waals surface area contributed by atoms with Gasteiger partial charge in [-0.3, -0.25) is 9.89 Å². The number of nitrogens with zero attached hydrogens (tertiary/aromatic N) is 1. The van der Waals surface area contributed by atoms with Crippen LogP contribution in [-0.2, 0) is 0 Å². The summed E-state index contributed by atoms with van der Waals surface area (Å²) in [5.74, 6) is -2.06. The Bertz CT molecular complexity index is 653. The van der Waals surface area contributed by atoms with E-state index >= 15 is 0 Å². The van der Waals surface area contributed by atoms with Crippen LogP contribution in [0.2, 0.25) is 5.02 Å². The average molecular weight is 282 g/mol. The molecule has 0 spiro atoms. The molecule has 8 heteroatoms. The zero-order chi connectivity index (χ0) is 14.0. The zero-order valence-corrected chi connectivity index (χ0v) is 10.1. The topological polar surface area (TPSA) is 115 Å². The Morgan fingerprint density at radius 3 is 2.68 bits per heavy atom. The highest BCUT2D eigenvalue weighted by atomic mass is 35.5. The minimum atomic E-state index is -1.20. The van der Waals surface area contributed by atoms with Gasteiger partial charge in [-0.15, -0.1) is 0 Å². The summed E-state index contributed by atoms with van der Waals surface area (Å²) in [6, 6.07) is 5.16. The van der Waals surface area contributed by atoms with Gasteiger partial charge in [0, 0.05) is 11.1 Å². The number of hydrogen-bond donors (Lipinski definition) is 4. The molecule has 0 radical (unpaired) electrons. The molecule has 1 heterocycles. The predicted molar refractivity (Wildman–Crippen MR) is 66.6 cm³/mol. The number of H-pyrrole nitrogens is 1. The number of nitrogens with one attached hydrogen (secondary N) is 2. The molecule has 7 nitrogen and oxygen atoms in total. The molecule has 1 amide bonds. The van der Waals surface area contributed by atoms with Gasteiger partial charge < -0.3 is 15.5 Å². The van der Waals surface area contributed by atoms with Crippen LogP contribution < -0.4 is 5.32 Å². The molecule has 19 heavy (non-hydrogen) atoms. The highest BCUT2D eigenvalue weighted by Crippen LogP contribution is 2.22. The average Bonchev–Trinajstić information content (AvgIpc) is 2.80. The second-order valence-corrected chi connectivity index (χ2v) is 4.02. The molecule has 0 atom stereocenters. The van der Waals surface area contributed by atoms with Crippen molar-refractivity contribution in [3.63, 3.8) is 0 Å². The molecule has 4 N–H and O–H groups in total. The van der Waals surface area contributed by atoms with Gasteiger partial charge in [-0.2, -0.15) is 5.10 Å². The Morgan fingerprint density at radius 2 is 2.05 bits per heavy atom. The van der Waals surface area contributed by atoms with E-state index in [1.807, 2.05) is 0 Å². The third-order valence-electron chi connectivity index (χ3n) is 2.25. The van der Waals surface area contributed by atoms with Crippen molar-refractivity contribution in [3.05, 3.63) is 40.5 Å². The second kappa shape index (κ2) is 4.99. The molecule has 0 bridgehead atoms. The maximum absolute atomic E-state index is 11.8. The van der Waals surface area contributed by atoms with Gasteiger partial charge >= 0.3 is 5.97 Å². The first-order chi connectivity index (χ1) is 8.97. The minimum absolute atomic E-state index is 0.0294. The van der Waals surface area contributed by atoms with Crippen LogP contribution in [0.4, 0.5) is 5.82 Å². The number of halogens is 1. The number of benzene rings is 1. The predicted octanol–water partition coefficient (Wildman–Crippen LogP) is 1.72. The summed E-state index contributed by atoms with van der Waals surface area (Å²) in [6.45, 7) is 0. The lowest BCUT2D eigenvalue weighted by atomic mass is 10.2. The zero-order valence-electron chi connectivity index (χ0n) is 9.35. The van der Waals surface area contributed by atoms with Gasteiger partial charge in [0.1, 0.15) is 11.4 Å². The summed E-state index contributed by atoms with van der Waals surface area (Å²) in [7, 11) is 0. The molecule has 0 saturated heterocycles. The first kappa shape index (κ1) is 12.9. The molecule has 0 fully saturated rings. The number of aromatic amines is 1. The van der Waals surface area contributed by atoms with Crippen LogP contribution in [-0.4, -0.2) is 32.3 Å². The molecule has 2 rings (SSSR count). The molecule has 98 valence electrons. The molecular weight excluding hydrogens is 274 g/mol. The van der Waals surface area contributed by atoms with Crippen LogP contribution in [0.15, 0.2) is 24.3 Å². The molecule has 0 aliphatic rings. The van der Waals surface area contributed by atoms with Crippen LogP contribution in [0.5, 0.6) is 5.75 Å². The van der Waals surface area contributed by atoms with Gasteiger partial charge in [0.25, 0.3) is 5.91 Å². The van der Waals surface area contributed by atoms with Crippen molar-refractivity contribution >= 4 is 29.3 Å². The van der Waals surface area contributed by atoms with E-state index in [9.17, 15) is 14.7 Å². The minimum Gasteiger partial charge on any atom is -0.507 e. The lowest BCUT2D eigenvalue weighted by molar-refractivity contribution is 0.0690. The first-order valence-corrected chi connectivity index (χ1v) is 5.44. The number of hydrogen-bond acceptors (Lipinski definition) is 4. The highest BCUT2D eigenvalue weighted by Gasteiger charge is 2.14. The van der Waals surface area contributed by atoms with E-state index in [1.54, 1.807) is 0 Å². The van der Waals surface area contributed by atoms with Gasteiger partial charge in [-0.1, -0.05) is 11.6 Å². The van der Waals surface area contributed by atoms with Gasteiger partial charge in [0.05, 0.1) is 5.56 Å². The van der Waals surface area contributed by atoms with E-state index < -0.39 is 11.9 Å². The normalized spacial score (nSPS) is 10.2. The van der Waals surface area contributed by atoms with Crippen LogP contribution in [0.1, 0.15) is 20.8 Å². The van der Waals surface area contributed by atoms with Crippen molar-refractivity contribution in [2.75, 3.05) is 5.32 Å². The number of aromatic nitrogens is 2. The van der Waals surface area contributed by atoms with Crippen LogP contribution in [0, 0.1) is 0 Å². The summed E-state index contributed by atoms with van der Waals surface area (Å²) in [5, 5.41) is 26.7. The fourth-order valence-electron chi connectivity index (χ4n) is 1.37. The molecule has 1 aromatic heterocycles. The Morgan fingerprint density at radius 1 is 1.32 bits per heavy atom. The van der Waals surface area contributed by atoms with Crippen LogP contribution >= 0.6 is 11.6 Å². The van der Waals surface area contributed by atoms with E-state index in [2.05, 4.69) is 15.5 Å². The fourth-order valence-corrected chi connectivity index (χ4v) is 1.54. The van der Waals surface area contributed by atoms with Crippen molar-refractivity contribution < 1.29 is 19.8 Å². The number of phenolic OH excluding ortho intramolecular Hbond substituents is 1. The van der Waals surface area contributed by atoms with Crippen molar-refractivity contribution in [3.8, 4) is 5.75 Å². The summed E-state index contributed by atoms with van der Waals surface area (Å²) in [5.41, 5.74) is -0.196. The van der Waals surface area contributed by atoms with Crippen molar-refractivity contribution in [1.82, 2.24) is 10.2 Å². The highest BCUT2D eigenvalue weighted by molar-refractivity contribution is 6.31. The first-order valence-electron chi connectivity index (χ1n) is 5.06. The van der Waals surface area contributed by atoms with Gasteiger partial charge in [-0.25, -0.2) is 4.79 Å². The van der Waals surface area contributed by atoms with E-state index in [-0.39, 0.29) is 27.8 Å². The number of anilines is 1. The second-order valence-electron chi connectivity index (χ2n) is 3.59. The van der Waals surface area contributed by atoms with E-state index in [4.69, 9.17) is 16.7 Å². The standard InChI is InChI=1S/C11H8ClN3O4/c12-5-1-2-8(16)6(3-5)10(17)13-9-4-7(11(18)19)14-15-9/h1-4,16H,(H,18,19)(H2,13,14,15,17). The van der Waals surface area contributed by atoms with E-state index in [0.29, 0.717) is 0 Å². The molecular formula is C11H8ClN3O4. The number of carbonyl (C=O) groups is 2. The quantitative estimate of drug-likeness (QED) is 0.684. The number of aromatic carboxylic acids is 1. The lowest BCUT2D eigenvalue weighted by Crippen LogP contribution is -2.12. The van der Waals surface area contributed by atoms with Crippen LogP contribution in [0.3, 0.4) is 0 Å². The number of aromatic hydroxyl groups is 1. The lowest BCUT2D eigenvalue weighted by Gasteiger charge is -2.04. The third kappa shape index (κ3) is 2.83. The molecule has 2 aromatic rings. The molecule has 0 aliphatic carbocycles. The molecule has 0 aliphatic heterocycles. The monoisotopic (exact) mass is 281 g/mol. The SMILES string of the molecule is O=C(O)c1cc(NC(=O)c2cc(Cl)ccc2O)n[nH]1. The fraction of sp³-hybridized carbons (Fsp3) is 0. The summed E-state index contributed by atoms with van der Waals surface area (Å²) in [6.07, 6.45) is 0. The molecule has 1 aromatic carbocycles. The maximum atomic E-state index is 11.8. The van der Waals surface area contributed by atoms with Crippen molar-refractivity contribution in [2.45, 2.75) is 0 Å². The Kier molecular flexibility index (Phi) is 3.39. The number of phenols is 1. The van der Waals surface area contributed by atoms with Gasteiger partial charge in [0.2, 0.25) is 0 Å². The largest absolute Gasteiger partial charge is 0.507 e. The summed E-state index contributed by atoms with van der Waals surface area (Å²) < 4.78 is 0. The van der Waals surface area contributed by atoms with E-state index in [1.165, 1.54) is 18.2 Å². The summed E-state index contributed by atoms with van der Waals surface area (Å²) >= 11 is 5.72. The number of carboxylic acid groups (broad SMARTS) is 1. The third-order valence-corrected chi connectivity index (χ3v) is 2.49. The number of carboxylic acids is 1. The Hall–Kier alpha value is -2.54. The smallest absolute Gasteiger partial charge is 0.353 e. The molecule has 0 unspecified atom stereocenters. The van der Waals surface area contributed by atoms with Gasteiger partial charge in [-0.05, 0) is 18.2 Å². The molecule has 0 saturated carbocycles. The number of amides is 1. The Labute approximate surface area is 111 Å². The van der Waals surface area contributed by atoms with Gasteiger partial charge in [0.15, 0.2) is 5.82 Å². The van der Waals surface area contributed by atoms with Crippen LogP contribution in [0.25, 0.3) is 0 Å². The van der Waals surface area contributed by atoms with E-state index in [0.717, 1.165) is 6.07 Å². The Balaban J connectivity index is 2.20. The number of carbonyl (C=O) groups excluding carboxylic acids is 1. The number of rotatable bonds is 3. The van der Waals surface area contributed by atoms with Crippen molar-refractivity contribution in [2.24, 2.45) is 0 Å². The van der Waals surface area contributed by atoms with Crippen molar-refractivity contribution in [1.29, 1.82) is 0 Å². The maximum Gasteiger partial charge on any atom is 0.353 e.